The Hall–Kier alpha value is -1.78. The third-order valence-corrected chi connectivity index (χ3v) is 3.28. The number of carbonyl (C=O) groups is 1. The van der Waals surface area contributed by atoms with Gasteiger partial charge in [-0.2, -0.15) is 0 Å². The second-order valence-electron chi connectivity index (χ2n) is 5.01. The summed E-state index contributed by atoms with van der Waals surface area (Å²) in [5, 5.41) is 0. The first kappa shape index (κ1) is 12.7. The van der Waals surface area contributed by atoms with Gasteiger partial charge in [-0.3, -0.25) is 4.79 Å². The second-order valence-corrected chi connectivity index (χ2v) is 5.01. The fraction of sp³-hybridized carbons (Fsp3) is 0.538. The van der Waals surface area contributed by atoms with Crippen LogP contribution in [0.15, 0.2) is 12.3 Å². The molecule has 98 valence electrons. The average molecular weight is 248 g/mol. The van der Waals surface area contributed by atoms with E-state index in [1.807, 2.05) is 17.9 Å². The average Bonchev–Trinajstić information content (AvgIpc) is 2.76. The summed E-state index contributed by atoms with van der Waals surface area (Å²) in [4.78, 5) is 20.2. The minimum Gasteiger partial charge on any atom is -0.396 e. The van der Waals surface area contributed by atoms with Crippen molar-refractivity contribution in [3.05, 3.63) is 17.8 Å². The first-order chi connectivity index (χ1) is 8.50. The van der Waals surface area contributed by atoms with Crippen molar-refractivity contribution in [1.29, 1.82) is 0 Å². The molecule has 18 heavy (non-hydrogen) atoms. The number of hydrogen-bond acceptors (Lipinski definition) is 4. The second kappa shape index (κ2) is 4.84. The number of aromatic nitrogens is 1. The first-order valence-corrected chi connectivity index (χ1v) is 6.20. The van der Waals surface area contributed by atoms with Crippen molar-refractivity contribution in [1.82, 2.24) is 9.88 Å². The van der Waals surface area contributed by atoms with Crippen molar-refractivity contribution in [2.75, 3.05) is 31.3 Å². The van der Waals surface area contributed by atoms with Gasteiger partial charge in [-0.05, 0) is 31.4 Å². The number of carbonyl (C=O) groups excluding carboxylic acids is 1. The highest BCUT2D eigenvalue weighted by molar-refractivity contribution is 5.86. The standard InChI is InChI=1S/C13H20N4O/c1-9-7-10(14)12(15-8-9)17-6-4-5-11(17)13(18)16(2)3/h7-8,11H,4-6,14H2,1-3H3. The zero-order chi connectivity index (χ0) is 13.3. The molecule has 2 heterocycles. The van der Waals surface area contributed by atoms with Gasteiger partial charge in [0.15, 0.2) is 5.82 Å². The summed E-state index contributed by atoms with van der Waals surface area (Å²) in [6.45, 7) is 2.80. The van der Waals surface area contributed by atoms with Crippen molar-refractivity contribution < 1.29 is 4.79 Å². The van der Waals surface area contributed by atoms with Gasteiger partial charge in [0.2, 0.25) is 5.91 Å². The van der Waals surface area contributed by atoms with Gasteiger partial charge in [-0.25, -0.2) is 4.98 Å². The van der Waals surface area contributed by atoms with Crippen LogP contribution in [0.3, 0.4) is 0 Å². The van der Waals surface area contributed by atoms with Gasteiger partial charge >= 0.3 is 0 Å². The Morgan fingerprint density at radius 2 is 2.28 bits per heavy atom. The number of likely N-dealkylation sites (N-methyl/N-ethyl adjacent to an activating group) is 1. The lowest BCUT2D eigenvalue weighted by molar-refractivity contribution is -0.129. The number of pyridine rings is 1. The summed E-state index contributed by atoms with van der Waals surface area (Å²) < 4.78 is 0. The maximum absolute atomic E-state index is 12.1. The number of hydrogen-bond donors (Lipinski definition) is 1. The van der Waals surface area contributed by atoms with E-state index in [4.69, 9.17) is 5.73 Å². The molecule has 1 aromatic heterocycles. The number of rotatable bonds is 2. The minimum absolute atomic E-state index is 0.120. The summed E-state index contributed by atoms with van der Waals surface area (Å²) in [6, 6.07) is 1.77. The van der Waals surface area contributed by atoms with E-state index in [9.17, 15) is 4.79 Å². The van der Waals surface area contributed by atoms with E-state index in [1.54, 1.807) is 25.2 Å². The highest BCUT2D eigenvalue weighted by Gasteiger charge is 2.33. The van der Waals surface area contributed by atoms with Crippen molar-refractivity contribution >= 4 is 17.4 Å². The fourth-order valence-corrected chi connectivity index (χ4v) is 2.40. The van der Waals surface area contributed by atoms with Crippen LogP contribution in [0.25, 0.3) is 0 Å². The summed E-state index contributed by atoms with van der Waals surface area (Å²) in [6.07, 6.45) is 3.66. The molecule has 0 bridgehead atoms. The molecule has 5 heteroatoms. The van der Waals surface area contributed by atoms with Crippen molar-refractivity contribution in [3.8, 4) is 0 Å². The van der Waals surface area contributed by atoms with Crippen LogP contribution in [0.5, 0.6) is 0 Å². The molecular formula is C13H20N4O. The minimum atomic E-state index is -0.127. The number of aryl methyl sites for hydroxylation is 1. The highest BCUT2D eigenvalue weighted by atomic mass is 16.2. The molecule has 2 rings (SSSR count). The van der Waals surface area contributed by atoms with E-state index < -0.39 is 0 Å². The van der Waals surface area contributed by atoms with E-state index in [1.165, 1.54) is 0 Å². The Morgan fingerprint density at radius 3 is 2.89 bits per heavy atom. The van der Waals surface area contributed by atoms with Crippen molar-refractivity contribution in [3.63, 3.8) is 0 Å². The quantitative estimate of drug-likeness (QED) is 0.849. The number of nitrogen functional groups attached to an aromatic ring is 1. The maximum atomic E-state index is 12.1. The van der Waals surface area contributed by atoms with Gasteiger partial charge in [-0.1, -0.05) is 0 Å². The molecule has 1 atom stereocenters. The molecule has 1 amide bonds. The fourth-order valence-electron chi connectivity index (χ4n) is 2.40. The third kappa shape index (κ3) is 2.25. The molecule has 1 aliphatic rings. The molecule has 1 saturated heterocycles. The summed E-state index contributed by atoms with van der Waals surface area (Å²) in [5.74, 6) is 0.854. The van der Waals surface area contributed by atoms with Crippen LogP contribution in [0.1, 0.15) is 18.4 Å². The Morgan fingerprint density at radius 1 is 1.56 bits per heavy atom. The summed E-state index contributed by atoms with van der Waals surface area (Å²) in [5.41, 5.74) is 7.69. The lowest BCUT2D eigenvalue weighted by atomic mass is 10.2. The third-order valence-electron chi connectivity index (χ3n) is 3.28. The largest absolute Gasteiger partial charge is 0.396 e. The molecule has 0 radical (unpaired) electrons. The van der Waals surface area contributed by atoms with Crippen LogP contribution in [-0.2, 0) is 4.79 Å². The van der Waals surface area contributed by atoms with Crippen LogP contribution in [0, 0.1) is 6.92 Å². The zero-order valence-corrected chi connectivity index (χ0v) is 11.2. The van der Waals surface area contributed by atoms with E-state index in [-0.39, 0.29) is 11.9 Å². The van der Waals surface area contributed by atoms with Gasteiger partial charge in [0.1, 0.15) is 6.04 Å². The smallest absolute Gasteiger partial charge is 0.244 e. The Balaban J connectivity index is 2.29. The zero-order valence-electron chi connectivity index (χ0n) is 11.2. The Kier molecular flexibility index (Phi) is 3.41. The first-order valence-electron chi connectivity index (χ1n) is 6.20. The van der Waals surface area contributed by atoms with Crippen molar-refractivity contribution in [2.24, 2.45) is 0 Å². The number of amides is 1. The molecule has 1 unspecified atom stereocenters. The SMILES string of the molecule is Cc1cnc(N2CCCC2C(=O)N(C)C)c(N)c1. The van der Waals surface area contributed by atoms with Crippen LogP contribution in [0.4, 0.5) is 11.5 Å². The van der Waals surface area contributed by atoms with Gasteiger partial charge in [0.25, 0.3) is 0 Å². The topological polar surface area (TPSA) is 62.5 Å². The van der Waals surface area contributed by atoms with Crippen LogP contribution >= 0.6 is 0 Å². The Labute approximate surface area is 108 Å². The molecule has 1 fully saturated rings. The van der Waals surface area contributed by atoms with Gasteiger partial charge < -0.3 is 15.5 Å². The Bertz CT molecular complexity index is 458. The van der Waals surface area contributed by atoms with Gasteiger partial charge in [-0.15, -0.1) is 0 Å². The molecule has 1 aromatic rings. The number of anilines is 2. The molecule has 0 aliphatic carbocycles. The molecule has 0 aromatic carbocycles. The molecule has 2 N–H and O–H groups in total. The van der Waals surface area contributed by atoms with Crippen LogP contribution in [-0.4, -0.2) is 42.5 Å². The van der Waals surface area contributed by atoms with Crippen LogP contribution < -0.4 is 10.6 Å². The molecule has 0 spiro atoms. The van der Waals surface area contributed by atoms with Gasteiger partial charge in [0.05, 0.1) is 5.69 Å². The summed E-state index contributed by atoms with van der Waals surface area (Å²) in [7, 11) is 3.57. The lowest BCUT2D eigenvalue weighted by Gasteiger charge is -2.28. The van der Waals surface area contributed by atoms with Gasteiger partial charge in [0, 0.05) is 26.8 Å². The van der Waals surface area contributed by atoms with Crippen molar-refractivity contribution in [2.45, 2.75) is 25.8 Å². The maximum Gasteiger partial charge on any atom is 0.244 e. The molecule has 5 nitrogen and oxygen atoms in total. The van der Waals surface area contributed by atoms with E-state index in [0.29, 0.717) is 5.69 Å². The number of nitrogens with zero attached hydrogens (tertiary/aromatic N) is 3. The normalized spacial score (nSPS) is 19.1. The van der Waals surface area contributed by atoms with E-state index in [2.05, 4.69) is 4.98 Å². The predicted octanol–water partition coefficient (Wildman–Crippen LogP) is 1.03. The molecule has 0 saturated carbocycles. The number of nitrogens with two attached hydrogens (primary N) is 1. The summed E-state index contributed by atoms with van der Waals surface area (Å²) >= 11 is 0. The molecule has 1 aliphatic heterocycles. The predicted molar refractivity (Wildman–Crippen MR) is 72.4 cm³/mol. The highest BCUT2D eigenvalue weighted by Crippen LogP contribution is 2.29. The van der Waals surface area contributed by atoms with Crippen LogP contribution in [0.2, 0.25) is 0 Å². The van der Waals surface area contributed by atoms with E-state index in [0.717, 1.165) is 30.8 Å². The lowest BCUT2D eigenvalue weighted by Crippen LogP contribution is -2.43. The monoisotopic (exact) mass is 248 g/mol. The van der Waals surface area contributed by atoms with E-state index >= 15 is 0 Å². The molecular weight excluding hydrogens is 228 g/mol.